The Hall–Kier alpha value is -1.35. The summed E-state index contributed by atoms with van der Waals surface area (Å²) in [5, 5.41) is 9.58. The second-order valence-corrected chi connectivity index (χ2v) is 4.22. The van der Waals surface area contributed by atoms with Crippen molar-refractivity contribution in [3.8, 4) is 0 Å². The van der Waals surface area contributed by atoms with Crippen molar-refractivity contribution < 1.29 is 9.90 Å². The first-order chi connectivity index (χ1) is 7.72. The van der Waals surface area contributed by atoms with Crippen LogP contribution in [0.25, 0.3) is 0 Å². The van der Waals surface area contributed by atoms with E-state index in [0.29, 0.717) is 19.5 Å². The highest BCUT2D eigenvalue weighted by Crippen LogP contribution is 2.18. The Morgan fingerprint density at radius 1 is 1.44 bits per heavy atom. The van der Waals surface area contributed by atoms with Crippen LogP contribution in [0.5, 0.6) is 0 Å². The van der Waals surface area contributed by atoms with Crippen LogP contribution in [0.3, 0.4) is 0 Å². The molecule has 1 unspecified atom stereocenters. The number of β-amino-alcohol motifs (C(OH)–C–C–N with tert-alkyl or cyclic N) is 1. The van der Waals surface area contributed by atoms with E-state index >= 15 is 0 Å². The van der Waals surface area contributed by atoms with Crippen molar-refractivity contribution in [2.75, 3.05) is 13.1 Å². The molecule has 3 nitrogen and oxygen atoms in total. The van der Waals surface area contributed by atoms with E-state index in [1.165, 1.54) is 0 Å². The van der Waals surface area contributed by atoms with E-state index in [1.54, 1.807) is 4.90 Å². The number of amides is 1. The molecule has 0 spiro atoms. The van der Waals surface area contributed by atoms with E-state index < -0.39 is 6.10 Å². The molecule has 1 aromatic rings. The Balaban J connectivity index is 2.15. The number of carbonyl (C=O) groups excluding carboxylic acids is 1. The van der Waals surface area contributed by atoms with Crippen molar-refractivity contribution in [3.05, 3.63) is 35.4 Å². The first-order valence-corrected chi connectivity index (χ1v) is 5.77. The van der Waals surface area contributed by atoms with Gasteiger partial charge in [-0.15, -0.1) is 0 Å². The molecule has 86 valence electrons. The molecular weight excluding hydrogens is 202 g/mol. The Morgan fingerprint density at radius 2 is 2.19 bits per heavy atom. The van der Waals surface area contributed by atoms with Gasteiger partial charge >= 0.3 is 0 Å². The first kappa shape index (κ1) is 11.1. The Kier molecular flexibility index (Phi) is 3.25. The highest BCUT2D eigenvalue weighted by atomic mass is 16.3. The fraction of sp³-hybridized carbons (Fsp3) is 0.462. The fourth-order valence-corrected chi connectivity index (χ4v) is 2.03. The van der Waals surface area contributed by atoms with Gasteiger partial charge in [0.15, 0.2) is 0 Å². The monoisotopic (exact) mass is 219 g/mol. The SMILES string of the molecule is CCC(O)CN1CCc2ccccc2C1=O. The van der Waals surface area contributed by atoms with Crippen LogP contribution in [-0.4, -0.2) is 35.1 Å². The van der Waals surface area contributed by atoms with Crippen LogP contribution >= 0.6 is 0 Å². The van der Waals surface area contributed by atoms with Gasteiger partial charge in [0.25, 0.3) is 5.91 Å². The Bertz CT molecular complexity index is 389. The van der Waals surface area contributed by atoms with E-state index in [2.05, 4.69) is 0 Å². The molecule has 0 bridgehead atoms. The third-order valence-corrected chi connectivity index (χ3v) is 3.09. The van der Waals surface area contributed by atoms with Crippen molar-refractivity contribution in [1.82, 2.24) is 4.90 Å². The molecule has 0 fully saturated rings. The van der Waals surface area contributed by atoms with Gasteiger partial charge in [0, 0.05) is 18.7 Å². The zero-order valence-electron chi connectivity index (χ0n) is 9.52. The van der Waals surface area contributed by atoms with Gasteiger partial charge in [0.2, 0.25) is 0 Å². The molecule has 1 amide bonds. The quantitative estimate of drug-likeness (QED) is 0.836. The van der Waals surface area contributed by atoms with Crippen LogP contribution < -0.4 is 0 Å². The van der Waals surface area contributed by atoms with Gasteiger partial charge in [0.05, 0.1) is 6.10 Å². The number of hydrogen-bond acceptors (Lipinski definition) is 2. The number of rotatable bonds is 3. The number of hydrogen-bond donors (Lipinski definition) is 1. The number of aliphatic hydroxyl groups is 1. The lowest BCUT2D eigenvalue weighted by molar-refractivity contribution is 0.0599. The third-order valence-electron chi connectivity index (χ3n) is 3.09. The molecule has 0 radical (unpaired) electrons. The van der Waals surface area contributed by atoms with Crippen LogP contribution in [0.1, 0.15) is 29.3 Å². The van der Waals surface area contributed by atoms with Gasteiger partial charge in [-0.3, -0.25) is 4.79 Å². The van der Waals surface area contributed by atoms with E-state index in [9.17, 15) is 9.90 Å². The summed E-state index contributed by atoms with van der Waals surface area (Å²) >= 11 is 0. The van der Waals surface area contributed by atoms with Crippen molar-refractivity contribution in [2.24, 2.45) is 0 Å². The third kappa shape index (κ3) is 2.09. The lowest BCUT2D eigenvalue weighted by Crippen LogP contribution is -2.41. The summed E-state index contributed by atoms with van der Waals surface area (Å²) in [5.74, 6) is 0.0503. The number of benzene rings is 1. The topological polar surface area (TPSA) is 40.5 Å². The highest BCUT2D eigenvalue weighted by Gasteiger charge is 2.24. The Labute approximate surface area is 95.7 Å². The van der Waals surface area contributed by atoms with Crippen LogP contribution in [0.2, 0.25) is 0 Å². The predicted molar refractivity (Wildman–Crippen MR) is 62.3 cm³/mol. The maximum Gasteiger partial charge on any atom is 0.254 e. The van der Waals surface area contributed by atoms with Crippen LogP contribution in [0, 0.1) is 0 Å². The molecule has 1 aromatic carbocycles. The molecule has 0 aromatic heterocycles. The smallest absolute Gasteiger partial charge is 0.254 e. The Morgan fingerprint density at radius 3 is 2.94 bits per heavy atom. The fourth-order valence-electron chi connectivity index (χ4n) is 2.03. The molecule has 1 aliphatic rings. The summed E-state index contributed by atoms with van der Waals surface area (Å²) in [6, 6.07) is 7.71. The molecule has 0 aliphatic carbocycles. The van der Waals surface area contributed by atoms with Gasteiger partial charge in [-0.1, -0.05) is 25.1 Å². The first-order valence-electron chi connectivity index (χ1n) is 5.77. The largest absolute Gasteiger partial charge is 0.391 e. The normalized spacial score (nSPS) is 17.1. The van der Waals surface area contributed by atoms with Gasteiger partial charge in [-0.25, -0.2) is 0 Å². The molecular formula is C13H17NO2. The van der Waals surface area contributed by atoms with Crippen molar-refractivity contribution in [1.29, 1.82) is 0 Å². The van der Waals surface area contributed by atoms with Crippen LogP contribution in [0.15, 0.2) is 24.3 Å². The summed E-state index contributed by atoms with van der Waals surface area (Å²) in [6.45, 7) is 3.09. The van der Waals surface area contributed by atoms with Crippen LogP contribution in [-0.2, 0) is 6.42 Å². The second-order valence-electron chi connectivity index (χ2n) is 4.22. The molecule has 1 aliphatic heterocycles. The number of aliphatic hydroxyl groups excluding tert-OH is 1. The van der Waals surface area contributed by atoms with Crippen molar-refractivity contribution in [2.45, 2.75) is 25.9 Å². The number of carbonyl (C=O) groups is 1. The molecule has 0 saturated carbocycles. The van der Waals surface area contributed by atoms with E-state index in [1.807, 2.05) is 31.2 Å². The van der Waals surface area contributed by atoms with Gasteiger partial charge in [-0.2, -0.15) is 0 Å². The second kappa shape index (κ2) is 4.66. The predicted octanol–water partition coefficient (Wildman–Crippen LogP) is 1.46. The molecule has 3 heteroatoms. The van der Waals surface area contributed by atoms with E-state index in [4.69, 9.17) is 0 Å². The van der Waals surface area contributed by atoms with E-state index in [0.717, 1.165) is 17.5 Å². The van der Waals surface area contributed by atoms with Gasteiger partial charge in [-0.05, 0) is 24.5 Å². The van der Waals surface area contributed by atoms with Gasteiger partial charge < -0.3 is 10.0 Å². The summed E-state index contributed by atoms with van der Waals surface area (Å²) in [4.78, 5) is 13.8. The average molecular weight is 219 g/mol. The minimum absolute atomic E-state index is 0.0503. The van der Waals surface area contributed by atoms with Crippen LogP contribution in [0.4, 0.5) is 0 Å². The molecule has 16 heavy (non-hydrogen) atoms. The summed E-state index contributed by atoms with van der Waals surface area (Å²) in [6.07, 6.45) is 1.17. The lowest BCUT2D eigenvalue weighted by atomic mass is 9.99. The molecule has 1 heterocycles. The maximum atomic E-state index is 12.1. The summed E-state index contributed by atoms with van der Waals surface area (Å²) in [5.41, 5.74) is 1.91. The zero-order chi connectivity index (χ0) is 11.5. The summed E-state index contributed by atoms with van der Waals surface area (Å²) in [7, 11) is 0. The molecule has 1 N–H and O–H groups in total. The van der Waals surface area contributed by atoms with Crippen molar-refractivity contribution >= 4 is 5.91 Å². The highest BCUT2D eigenvalue weighted by molar-refractivity contribution is 5.96. The number of nitrogens with zero attached hydrogens (tertiary/aromatic N) is 1. The maximum absolute atomic E-state index is 12.1. The minimum Gasteiger partial charge on any atom is -0.391 e. The zero-order valence-corrected chi connectivity index (χ0v) is 9.52. The van der Waals surface area contributed by atoms with Gasteiger partial charge in [0.1, 0.15) is 0 Å². The van der Waals surface area contributed by atoms with Crippen molar-refractivity contribution in [3.63, 3.8) is 0 Å². The standard InChI is InChI=1S/C13H17NO2/c1-2-11(15)9-14-8-7-10-5-3-4-6-12(10)13(14)16/h3-6,11,15H,2,7-9H2,1H3. The van der Waals surface area contributed by atoms with E-state index in [-0.39, 0.29) is 5.91 Å². The lowest BCUT2D eigenvalue weighted by Gasteiger charge is -2.30. The molecule has 2 rings (SSSR count). The minimum atomic E-state index is -0.408. The molecule has 1 atom stereocenters. The number of fused-ring (bicyclic) bond motifs is 1. The molecule has 0 saturated heterocycles. The summed E-state index contributed by atoms with van der Waals surface area (Å²) < 4.78 is 0. The average Bonchev–Trinajstić information content (AvgIpc) is 2.33.